The molecule has 0 radical (unpaired) electrons. The summed E-state index contributed by atoms with van der Waals surface area (Å²) in [5, 5.41) is 2.61. The highest BCUT2D eigenvalue weighted by atomic mass is 32.1. The Hall–Kier alpha value is -2.90. The molecule has 2 aromatic carbocycles. The number of carbonyl (C=O) groups is 1. The number of aromatic nitrogens is 1. The zero-order valence-corrected chi connectivity index (χ0v) is 17.6. The second-order valence-corrected chi connectivity index (χ2v) is 7.82. The van der Waals surface area contributed by atoms with Crippen LogP contribution in [0.5, 0.6) is 11.5 Å². The molecule has 7 heteroatoms. The lowest BCUT2D eigenvalue weighted by Crippen LogP contribution is -2.40. The molecule has 1 atom stereocenters. The third kappa shape index (κ3) is 4.98. The summed E-state index contributed by atoms with van der Waals surface area (Å²) >= 11 is 1.45. The third-order valence-corrected chi connectivity index (χ3v) is 5.79. The Balaban J connectivity index is 1.51. The van der Waals surface area contributed by atoms with Gasteiger partial charge in [0.25, 0.3) is 5.91 Å². The Bertz CT molecular complexity index is 953. The zero-order chi connectivity index (χ0) is 20.8. The lowest BCUT2D eigenvalue weighted by Gasteiger charge is -2.23. The van der Waals surface area contributed by atoms with E-state index in [1.54, 1.807) is 12.0 Å². The number of carbonyl (C=O) groups excluding carboxylic acids is 1. The third-order valence-electron chi connectivity index (χ3n) is 4.93. The van der Waals surface area contributed by atoms with Crippen LogP contribution in [0.1, 0.15) is 12.8 Å². The summed E-state index contributed by atoms with van der Waals surface area (Å²) in [5.41, 5.74) is 1.80. The molecule has 0 saturated carbocycles. The van der Waals surface area contributed by atoms with Gasteiger partial charge in [-0.2, -0.15) is 0 Å². The van der Waals surface area contributed by atoms with Crippen LogP contribution in [0, 0.1) is 0 Å². The number of thiazole rings is 1. The van der Waals surface area contributed by atoms with Gasteiger partial charge in [-0.05, 0) is 49.2 Å². The highest BCUT2D eigenvalue weighted by molar-refractivity contribution is 7.14. The number of anilines is 1. The number of amides is 1. The molecule has 30 heavy (non-hydrogen) atoms. The van der Waals surface area contributed by atoms with Gasteiger partial charge >= 0.3 is 0 Å². The fraction of sp³-hybridized carbons (Fsp3) is 0.304. The van der Waals surface area contributed by atoms with Gasteiger partial charge in [0.1, 0.15) is 11.5 Å². The molecule has 0 spiro atoms. The SMILES string of the molecule is COc1ccc(-c2csc(N(C[C@H]3CCCO3)C(=O)COc3ccccc3)n2)cc1. The van der Waals surface area contributed by atoms with Crippen molar-refractivity contribution in [3.05, 3.63) is 60.0 Å². The van der Waals surface area contributed by atoms with Crippen molar-refractivity contribution in [2.24, 2.45) is 0 Å². The van der Waals surface area contributed by atoms with E-state index >= 15 is 0 Å². The van der Waals surface area contributed by atoms with Gasteiger partial charge in [-0.3, -0.25) is 9.69 Å². The number of hydrogen-bond donors (Lipinski definition) is 0. The van der Waals surface area contributed by atoms with Crippen molar-refractivity contribution < 1.29 is 19.0 Å². The molecule has 1 fully saturated rings. The van der Waals surface area contributed by atoms with Crippen molar-refractivity contribution in [3.63, 3.8) is 0 Å². The molecule has 1 aliphatic rings. The maximum absolute atomic E-state index is 13.0. The normalized spacial score (nSPS) is 15.7. The van der Waals surface area contributed by atoms with Crippen molar-refractivity contribution in [1.29, 1.82) is 0 Å². The van der Waals surface area contributed by atoms with E-state index in [1.807, 2.05) is 60.0 Å². The Morgan fingerprint density at radius 2 is 1.97 bits per heavy atom. The molecule has 0 aliphatic carbocycles. The molecule has 1 amide bonds. The molecule has 156 valence electrons. The summed E-state index contributed by atoms with van der Waals surface area (Å²) in [6.07, 6.45) is 1.99. The Labute approximate surface area is 180 Å². The van der Waals surface area contributed by atoms with Gasteiger partial charge in [-0.15, -0.1) is 11.3 Å². The molecule has 2 heterocycles. The Morgan fingerprint density at radius 1 is 1.17 bits per heavy atom. The summed E-state index contributed by atoms with van der Waals surface area (Å²) in [6.45, 7) is 1.17. The average molecular weight is 425 g/mol. The standard InChI is InChI=1S/C23H24N2O4S/c1-27-18-11-9-17(10-12-18)21-16-30-23(24-21)25(14-20-8-5-13-28-20)22(26)15-29-19-6-3-2-4-7-19/h2-4,6-7,9-12,16,20H,5,8,13-15H2,1H3/t20-/m1/s1. The summed E-state index contributed by atoms with van der Waals surface area (Å²) in [5.74, 6) is 1.33. The average Bonchev–Trinajstić information content (AvgIpc) is 3.49. The molecule has 1 saturated heterocycles. The van der Waals surface area contributed by atoms with Gasteiger partial charge in [0, 0.05) is 17.6 Å². The van der Waals surface area contributed by atoms with Crippen LogP contribution in [0.3, 0.4) is 0 Å². The smallest absolute Gasteiger partial charge is 0.266 e. The van der Waals surface area contributed by atoms with Gasteiger partial charge in [0.15, 0.2) is 11.7 Å². The highest BCUT2D eigenvalue weighted by Gasteiger charge is 2.26. The van der Waals surface area contributed by atoms with Crippen LogP contribution in [-0.2, 0) is 9.53 Å². The van der Waals surface area contributed by atoms with Crippen molar-refractivity contribution in [2.45, 2.75) is 18.9 Å². The molecular weight excluding hydrogens is 400 g/mol. The van der Waals surface area contributed by atoms with Crippen molar-refractivity contribution in [2.75, 3.05) is 31.8 Å². The number of rotatable bonds is 8. The number of nitrogens with zero attached hydrogens (tertiary/aromatic N) is 2. The second kappa shape index (κ2) is 9.73. The van der Waals surface area contributed by atoms with Crippen LogP contribution < -0.4 is 14.4 Å². The van der Waals surface area contributed by atoms with Crippen molar-refractivity contribution in [1.82, 2.24) is 4.98 Å². The van der Waals surface area contributed by atoms with E-state index in [0.717, 1.165) is 36.5 Å². The number of para-hydroxylation sites is 1. The molecule has 0 bridgehead atoms. The molecule has 6 nitrogen and oxygen atoms in total. The number of hydrogen-bond acceptors (Lipinski definition) is 6. The first-order chi connectivity index (χ1) is 14.7. The maximum Gasteiger partial charge on any atom is 0.266 e. The van der Waals surface area contributed by atoms with Crippen LogP contribution in [0.2, 0.25) is 0 Å². The first-order valence-corrected chi connectivity index (χ1v) is 10.8. The maximum atomic E-state index is 13.0. The van der Waals surface area contributed by atoms with Crippen LogP contribution in [0.15, 0.2) is 60.0 Å². The molecular formula is C23H24N2O4S. The number of benzene rings is 2. The summed E-state index contributed by atoms with van der Waals surface area (Å²) in [4.78, 5) is 19.4. The molecule has 1 aliphatic heterocycles. The molecule has 0 N–H and O–H groups in total. The first kappa shape index (κ1) is 20.4. The molecule has 3 aromatic rings. The largest absolute Gasteiger partial charge is 0.497 e. The van der Waals surface area contributed by atoms with E-state index in [4.69, 9.17) is 19.2 Å². The fourth-order valence-electron chi connectivity index (χ4n) is 3.30. The fourth-order valence-corrected chi connectivity index (χ4v) is 4.16. The van der Waals surface area contributed by atoms with E-state index in [-0.39, 0.29) is 18.6 Å². The van der Waals surface area contributed by atoms with E-state index in [9.17, 15) is 4.79 Å². The predicted octanol–water partition coefficient (Wildman–Crippen LogP) is 4.41. The van der Waals surface area contributed by atoms with Crippen molar-refractivity contribution >= 4 is 22.4 Å². The van der Waals surface area contributed by atoms with Gasteiger partial charge < -0.3 is 14.2 Å². The summed E-state index contributed by atoms with van der Waals surface area (Å²) < 4.78 is 16.7. The summed E-state index contributed by atoms with van der Waals surface area (Å²) in [6, 6.07) is 17.1. The quantitative estimate of drug-likeness (QED) is 0.536. The highest BCUT2D eigenvalue weighted by Crippen LogP contribution is 2.30. The molecule has 1 aromatic heterocycles. The van der Waals surface area contributed by atoms with Gasteiger partial charge in [0.05, 0.1) is 25.5 Å². The summed E-state index contributed by atoms with van der Waals surface area (Å²) in [7, 11) is 1.64. The van der Waals surface area contributed by atoms with E-state index in [0.29, 0.717) is 17.4 Å². The van der Waals surface area contributed by atoms with Crippen LogP contribution in [-0.4, -0.2) is 43.9 Å². The number of methoxy groups -OCH3 is 1. The minimum atomic E-state index is -0.134. The second-order valence-electron chi connectivity index (χ2n) is 6.98. The monoisotopic (exact) mass is 424 g/mol. The lowest BCUT2D eigenvalue weighted by atomic mass is 10.2. The minimum absolute atomic E-state index is 0.0269. The Morgan fingerprint density at radius 3 is 2.67 bits per heavy atom. The van der Waals surface area contributed by atoms with E-state index in [2.05, 4.69) is 0 Å². The van der Waals surface area contributed by atoms with E-state index in [1.165, 1.54) is 11.3 Å². The van der Waals surface area contributed by atoms with E-state index < -0.39 is 0 Å². The lowest BCUT2D eigenvalue weighted by molar-refractivity contribution is -0.120. The van der Waals surface area contributed by atoms with Gasteiger partial charge in [-0.25, -0.2) is 4.98 Å². The van der Waals surface area contributed by atoms with Gasteiger partial charge in [0.2, 0.25) is 0 Å². The van der Waals surface area contributed by atoms with Crippen molar-refractivity contribution in [3.8, 4) is 22.8 Å². The Kier molecular flexibility index (Phi) is 6.61. The van der Waals surface area contributed by atoms with Gasteiger partial charge in [-0.1, -0.05) is 18.2 Å². The van der Waals surface area contributed by atoms with Crippen LogP contribution in [0.4, 0.5) is 5.13 Å². The molecule has 4 rings (SSSR count). The first-order valence-electron chi connectivity index (χ1n) is 9.92. The zero-order valence-electron chi connectivity index (χ0n) is 16.8. The van der Waals surface area contributed by atoms with Crippen LogP contribution >= 0.6 is 11.3 Å². The van der Waals surface area contributed by atoms with Crippen LogP contribution in [0.25, 0.3) is 11.3 Å². The predicted molar refractivity (Wildman–Crippen MR) is 117 cm³/mol. The topological polar surface area (TPSA) is 60.9 Å². The number of ether oxygens (including phenoxy) is 3. The minimum Gasteiger partial charge on any atom is -0.497 e. The molecule has 0 unspecified atom stereocenters.